The van der Waals surface area contributed by atoms with E-state index in [1.54, 1.807) is 12.3 Å². The van der Waals surface area contributed by atoms with Crippen molar-refractivity contribution in [3.8, 4) is 11.3 Å². The van der Waals surface area contributed by atoms with E-state index < -0.39 is 82.2 Å². The number of pyridine rings is 1. The number of benzene rings is 3. The van der Waals surface area contributed by atoms with Gasteiger partial charge in [0.15, 0.2) is 17.1 Å². The summed E-state index contributed by atoms with van der Waals surface area (Å²) >= 11 is 1.47. The zero-order valence-electron chi connectivity index (χ0n) is 45.2. The number of hydrogen-bond donors (Lipinski definition) is 1. The van der Waals surface area contributed by atoms with Crippen molar-refractivity contribution >= 4 is 96.5 Å². The van der Waals surface area contributed by atoms with Gasteiger partial charge in [-0.15, -0.1) is 40.5 Å². The Labute approximate surface area is 435 Å². The van der Waals surface area contributed by atoms with Gasteiger partial charge in [-0.25, -0.2) is 8.78 Å². The number of nitrogens with zero attached hydrogens (tertiary/aromatic N) is 1. The summed E-state index contributed by atoms with van der Waals surface area (Å²) in [6, 6.07) is 22.3. The van der Waals surface area contributed by atoms with E-state index in [0.29, 0.717) is 11.5 Å². The van der Waals surface area contributed by atoms with Gasteiger partial charge in [0.2, 0.25) is 0 Å². The fourth-order valence-electron chi connectivity index (χ4n) is 11.2. The number of aliphatic hydroxyl groups excluding tert-OH is 1. The molecule has 0 aliphatic heterocycles. The number of aliphatic hydroxyl groups is 1. The first kappa shape index (κ1) is 61.4. The second-order valence-electron chi connectivity index (χ2n) is 26.7. The summed E-state index contributed by atoms with van der Waals surface area (Å²) in [5.74, 6) is -0.995. The zero-order valence-corrected chi connectivity index (χ0v) is 54.4. The molecule has 0 unspecified atom stereocenters. The predicted octanol–water partition coefficient (Wildman–Crippen LogP) is 18.5. The standard InChI is InChI=1S/C32H35F3NSSi2.C21H46F2O2Si4.Ir/c1-20(2)26-19-22(18-21-12-9-10-13-23(21)26)28-30-25(16-17-36-28)24-14-11-15-27(29(24)37-30)31(32(33,34)35,38(3,4)5)39(6,7)8;1-26(2,3)14-20(22,15-27(4,5)6)18(24)13-19(25)21(23,16-28(7,8)9)17-29(10,11)12;/h9-17,19-20H,1-8H3;13,24H,14-17H2,1-12H3;/q-1;;/b;18-13-;. The Kier molecular flexibility index (Phi) is 18.8. The van der Waals surface area contributed by atoms with E-state index >= 15 is 22.0 Å². The van der Waals surface area contributed by atoms with Crippen molar-refractivity contribution in [1.82, 2.24) is 4.98 Å². The van der Waals surface area contributed by atoms with Gasteiger partial charge in [-0.2, -0.15) is 13.2 Å². The maximum Gasteiger partial charge on any atom is 0.393 e. The first-order valence-electron chi connectivity index (χ1n) is 24.1. The van der Waals surface area contributed by atoms with Crippen LogP contribution in [0.1, 0.15) is 30.9 Å². The van der Waals surface area contributed by atoms with Gasteiger partial charge in [0.25, 0.3) is 0 Å². The number of hydrogen-bond acceptors (Lipinski definition) is 4. The summed E-state index contributed by atoms with van der Waals surface area (Å²) in [5, 5.41) is 14.8. The Morgan fingerprint density at radius 1 is 0.652 bits per heavy atom. The molecule has 0 bridgehead atoms. The summed E-state index contributed by atoms with van der Waals surface area (Å²) in [6.07, 6.45) is -1.64. The van der Waals surface area contributed by atoms with Gasteiger partial charge >= 0.3 is 6.18 Å². The first-order valence-corrected chi connectivity index (χ1v) is 46.8. The van der Waals surface area contributed by atoms with Gasteiger partial charge < -0.3 is 5.11 Å². The second kappa shape index (κ2) is 21.1. The number of ketones is 1. The second-order valence-corrected chi connectivity index (χ2v) is 60.6. The Balaban J connectivity index is 0.000000379. The van der Waals surface area contributed by atoms with E-state index in [2.05, 4.69) is 77.4 Å². The summed E-state index contributed by atoms with van der Waals surface area (Å²) in [6.45, 7) is 40.2. The average Bonchev–Trinajstić information content (AvgIpc) is 3.49. The summed E-state index contributed by atoms with van der Waals surface area (Å²) in [4.78, 5) is 17.9. The molecule has 16 heteroatoms. The van der Waals surface area contributed by atoms with Crippen molar-refractivity contribution in [3.05, 3.63) is 89.8 Å². The van der Waals surface area contributed by atoms with E-state index in [-0.39, 0.29) is 44.3 Å². The molecule has 385 valence electrons. The molecule has 5 aromatic rings. The van der Waals surface area contributed by atoms with Crippen molar-refractivity contribution < 1.29 is 52.0 Å². The smallest absolute Gasteiger partial charge is 0.393 e. The quantitative estimate of drug-likeness (QED) is 0.0352. The monoisotopic (exact) mass is 1250 g/mol. The zero-order chi connectivity index (χ0) is 52.2. The number of aromatic nitrogens is 1. The normalized spacial score (nSPS) is 14.3. The van der Waals surface area contributed by atoms with Crippen molar-refractivity contribution in [2.75, 3.05) is 0 Å². The van der Waals surface area contributed by atoms with Gasteiger partial charge in [0, 0.05) is 85.2 Å². The van der Waals surface area contributed by atoms with E-state index in [0.717, 1.165) is 42.9 Å². The molecule has 0 fully saturated rings. The van der Waals surface area contributed by atoms with Crippen LogP contribution in [-0.4, -0.2) is 81.8 Å². The average molecular weight is 1250 g/mol. The van der Waals surface area contributed by atoms with Gasteiger partial charge in [0.1, 0.15) is 5.76 Å². The molecule has 3 nitrogen and oxygen atoms in total. The fourth-order valence-corrected chi connectivity index (χ4v) is 34.0. The molecule has 0 saturated carbocycles. The van der Waals surface area contributed by atoms with Gasteiger partial charge in [-0.05, 0) is 47.1 Å². The maximum absolute atomic E-state index is 16.1. The number of carbonyl (C=O) groups is 1. The number of carbonyl (C=O) groups excluding carboxylic acids is 1. The van der Waals surface area contributed by atoms with Crippen LogP contribution in [0.4, 0.5) is 22.0 Å². The number of fused-ring (bicyclic) bond motifs is 4. The van der Waals surface area contributed by atoms with Crippen LogP contribution in [0.5, 0.6) is 0 Å². The predicted molar refractivity (Wildman–Crippen MR) is 303 cm³/mol. The van der Waals surface area contributed by atoms with Crippen LogP contribution in [0.15, 0.2) is 72.6 Å². The molecular formula is C53H81F5IrNO2SSi6-. The van der Waals surface area contributed by atoms with Crippen LogP contribution in [0, 0.1) is 6.07 Å². The van der Waals surface area contributed by atoms with Crippen LogP contribution in [0.25, 0.3) is 42.2 Å². The van der Waals surface area contributed by atoms with Crippen molar-refractivity contribution in [2.45, 2.75) is 184 Å². The summed E-state index contributed by atoms with van der Waals surface area (Å²) < 4.78 is 78.5. The molecule has 0 amide bonds. The summed E-state index contributed by atoms with van der Waals surface area (Å²) in [7, 11) is -13.2. The molecule has 3 aromatic carbocycles. The van der Waals surface area contributed by atoms with Crippen LogP contribution >= 0.6 is 11.3 Å². The minimum Gasteiger partial charge on any atom is -0.509 e. The van der Waals surface area contributed by atoms with Crippen LogP contribution < -0.4 is 0 Å². The third-order valence-electron chi connectivity index (χ3n) is 12.6. The molecule has 2 aromatic heterocycles. The Morgan fingerprint density at radius 3 is 1.55 bits per heavy atom. The minimum atomic E-state index is -4.34. The molecule has 1 N–H and O–H groups in total. The number of alkyl halides is 5. The molecule has 0 aliphatic rings. The molecule has 0 spiro atoms. The van der Waals surface area contributed by atoms with Crippen LogP contribution in [-0.2, 0) is 29.6 Å². The topological polar surface area (TPSA) is 50.2 Å². The van der Waals surface area contributed by atoms with E-state index in [1.807, 2.05) is 109 Å². The largest absolute Gasteiger partial charge is 0.509 e. The molecule has 0 atom stereocenters. The van der Waals surface area contributed by atoms with Gasteiger partial charge in [-0.3, -0.25) is 9.78 Å². The maximum atomic E-state index is 16.1. The van der Waals surface area contributed by atoms with Gasteiger partial charge in [-0.1, -0.05) is 179 Å². The van der Waals surface area contributed by atoms with Crippen molar-refractivity contribution in [3.63, 3.8) is 0 Å². The van der Waals surface area contributed by atoms with E-state index in [4.69, 9.17) is 4.98 Å². The number of thiophene rings is 1. The Morgan fingerprint density at radius 2 is 1.10 bits per heavy atom. The van der Waals surface area contributed by atoms with E-state index in [1.165, 1.54) is 22.3 Å². The molecular weight excluding hydrogens is 1170 g/mol. The molecule has 69 heavy (non-hydrogen) atoms. The van der Waals surface area contributed by atoms with Crippen molar-refractivity contribution in [2.24, 2.45) is 0 Å². The van der Waals surface area contributed by atoms with E-state index in [9.17, 15) is 9.90 Å². The van der Waals surface area contributed by atoms with Crippen LogP contribution in [0.2, 0.25) is 142 Å². The van der Waals surface area contributed by atoms with Gasteiger partial charge in [0.05, 0.1) is 20.8 Å². The fraction of sp³-hybridized carbons (Fsp3) is 0.547. The SMILES string of the molecule is CC(C)c1cc(-c2nccc3c2sc2c(C(C(F)(F)F)([Si](C)(C)C)[Si](C)(C)C)cccc23)[c-]c2ccccc12.C[Si](C)(C)CC(F)(C[Si](C)(C)C)C(=O)/C=C(\O)C(F)(C[Si](C)(C)C)C[Si](C)(C)C.[Ir]. The van der Waals surface area contributed by atoms with Crippen molar-refractivity contribution in [1.29, 1.82) is 0 Å². The first-order chi connectivity index (χ1) is 30.5. The minimum absolute atomic E-state index is 0. The third kappa shape index (κ3) is 14.2. The third-order valence-corrected chi connectivity index (χ3v) is 30.4. The summed E-state index contributed by atoms with van der Waals surface area (Å²) in [5.41, 5.74) is -0.609. The number of halogens is 5. The Hall–Kier alpha value is -1.90. The number of allylic oxidation sites excluding steroid dienone is 2. The molecule has 5 rings (SSSR count). The Bertz CT molecular complexity index is 2570. The molecule has 1 radical (unpaired) electrons. The molecule has 2 heterocycles. The molecule has 0 saturated heterocycles. The van der Waals surface area contributed by atoms with Crippen LogP contribution in [0.3, 0.4) is 0 Å². The number of rotatable bonds is 16. The molecule has 0 aliphatic carbocycles.